The number of nitrogens with one attached hydrogen (secondary N) is 2. The van der Waals surface area contributed by atoms with Gasteiger partial charge in [0.2, 0.25) is 0 Å². The Kier molecular flexibility index (Phi) is 5.02. The van der Waals surface area contributed by atoms with E-state index in [1.54, 1.807) is 7.05 Å². The summed E-state index contributed by atoms with van der Waals surface area (Å²) in [5.74, 6) is 0.828. The lowest BCUT2D eigenvalue weighted by atomic mass is 10.2. The summed E-state index contributed by atoms with van der Waals surface area (Å²) in [5, 5.41) is 6.59. The van der Waals surface area contributed by atoms with Gasteiger partial charge in [0.1, 0.15) is 0 Å². The van der Waals surface area contributed by atoms with Crippen LogP contribution in [0.15, 0.2) is 35.3 Å². The third-order valence-corrected chi connectivity index (χ3v) is 3.05. The molecule has 0 aromatic heterocycles. The van der Waals surface area contributed by atoms with Crippen molar-refractivity contribution in [1.82, 2.24) is 10.6 Å². The lowest BCUT2D eigenvalue weighted by Crippen LogP contribution is -2.40. The predicted octanol–water partition coefficient (Wildman–Crippen LogP) is 1.53. The Bertz CT molecular complexity index is 372. The molecule has 0 spiro atoms. The van der Waals surface area contributed by atoms with Crippen molar-refractivity contribution in [2.75, 3.05) is 20.2 Å². The van der Waals surface area contributed by atoms with Crippen LogP contribution in [0.5, 0.6) is 0 Å². The van der Waals surface area contributed by atoms with Crippen molar-refractivity contribution in [3.63, 3.8) is 0 Å². The van der Waals surface area contributed by atoms with E-state index in [1.165, 1.54) is 12.0 Å². The molecule has 1 atom stereocenters. The van der Waals surface area contributed by atoms with E-state index >= 15 is 0 Å². The van der Waals surface area contributed by atoms with Crippen molar-refractivity contribution >= 4 is 5.96 Å². The van der Waals surface area contributed by atoms with Crippen molar-refractivity contribution in [3.8, 4) is 0 Å². The van der Waals surface area contributed by atoms with Crippen LogP contribution < -0.4 is 10.6 Å². The number of rotatable bonds is 4. The van der Waals surface area contributed by atoms with E-state index in [4.69, 9.17) is 4.74 Å². The molecule has 2 N–H and O–H groups in total. The Morgan fingerprint density at radius 3 is 2.83 bits per heavy atom. The van der Waals surface area contributed by atoms with Gasteiger partial charge in [0.05, 0.1) is 6.10 Å². The van der Waals surface area contributed by atoms with E-state index in [0.717, 1.165) is 32.1 Å². The molecule has 1 heterocycles. The summed E-state index contributed by atoms with van der Waals surface area (Å²) in [6.07, 6.45) is 2.64. The molecule has 1 aromatic carbocycles. The maximum atomic E-state index is 5.57. The van der Waals surface area contributed by atoms with Gasteiger partial charge in [-0.1, -0.05) is 30.3 Å². The molecule has 0 amide bonds. The molecule has 0 saturated carbocycles. The second-order valence-corrected chi connectivity index (χ2v) is 4.43. The fourth-order valence-corrected chi connectivity index (χ4v) is 2.02. The van der Waals surface area contributed by atoms with Gasteiger partial charge < -0.3 is 15.4 Å². The van der Waals surface area contributed by atoms with Crippen LogP contribution in [0.3, 0.4) is 0 Å². The van der Waals surface area contributed by atoms with Gasteiger partial charge in [-0.15, -0.1) is 0 Å². The molecular weight excluding hydrogens is 226 g/mol. The summed E-state index contributed by atoms with van der Waals surface area (Å²) in [5.41, 5.74) is 1.25. The number of benzene rings is 1. The molecule has 0 aliphatic carbocycles. The Morgan fingerprint density at radius 1 is 1.33 bits per heavy atom. The fraction of sp³-hybridized carbons (Fsp3) is 0.500. The van der Waals surface area contributed by atoms with E-state index in [2.05, 4.69) is 27.8 Å². The first-order valence-electron chi connectivity index (χ1n) is 6.48. The summed E-state index contributed by atoms with van der Waals surface area (Å²) in [4.78, 5) is 4.20. The van der Waals surface area contributed by atoms with Gasteiger partial charge in [0, 0.05) is 26.7 Å². The molecule has 1 aromatic rings. The smallest absolute Gasteiger partial charge is 0.191 e. The van der Waals surface area contributed by atoms with Gasteiger partial charge in [-0.25, -0.2) is 0 Å². The van der Waals surface area contributed by atoms with Gasteiger partial charge in [0.15, 0.2) is 5.96 Å². The summed E-state index contributed by atoms with van der Waals surface area (Å²) >= 11 is 0. The van der Waals surface area contributed by atoms with Crippen LogP contribution in [0.4, 0.5) is 0 Å². The number of guanidine groups is 1. The molecule has 0 bridgehead atoms. The van der Waals surface area contributed by atoms with Gasteiger partial charge in [0.25, 0.3) is 0 Å². The maximum Gasteiger partial charge on any atom is 0.191 e. The Hall–Kier alpha value is -1.55. The number of nitrogens with zero attached hydrogens (tertiary/aromatic N) is 1. The minimum Gasteiger partial charge on any atom is -0.376 e. The lowest BCUT2D eigenvalue weighted by Gasteiger charge is -2.15. The van der Waals surface area contributed by atoms with E-state index < -0.39 is 0 Å². The quantitative estimate of drug-likeness (QED) is 0.626. The van der Waals surface area contributed by atoms with Crippen LogP contribution in [0.25, 0.3) is 0 Å². The predicted molar refractivity (Wildman–Crippen MR) is 73.6 cm³/mol. The molecule has 2 rings (SSSR count). The number of ether oxygens (including phenoxy) is 1. The first-order chi connectivity index (χ1) is 8.88. The van der Waals surface area contributed by atoms with Gasteiger partial charge >= 0.3 is 0 Å². The largest absolute Gasteiger partial charge is 0.376 e. The third-order valence-electron chi connectivity index (χ3n) is 3.05. The van der Waals surface area contributed by atoms with Crippen molar-refractivity contribution in [3.05, 3.63) is 35.9 Å². The zero-order valence-corrected chi connectivity index (χ0v) is 10.9. The second kappa shape index (κ2) is 7.01. The third kappa shape index (κ3) is 4.04. The zero-order chi connectivity index (χ0) is 12.6. The first-order valence-corrected chi connectivity index (χ1v) is 6.48. The zero-order valence-electron chi connectivity index (χ0n) is 10.9. The Balaban J connectivity index is 1.72. The van der Waals surface area contributed by atoms with Crippen LogP contribution in [-0.4, -0.2) is 32.3 Å². The Morgan fingerprint density at radius 2 is 2.17 bits per heavy atom. The summed E-state index contributed by atoms with van der Waals surface area (Å²) in [6.45, 7) is 2.50. The SMILES string of the molecule is CN=C(NCc1ccccc1)NC[C@H]1CCCO1. The molecule has 4 heteroatoms. The molecule has 4 nitrogen and oxygen atoms in total. The maximum absolute atomic E-state index is 5.57. The van der Waals surface area contributed by atoms with E-state index in [1.807, 2.05) is 18.2 Å². The van der Waals surface area contributed by atoms with Crippen LogP contribution in [0.2, 0.25) is 0 Å². The molecule has 1 fully saturated rings. The highest BCUT2D eigenvalue weighted by atomic mass is 16.5. The molecule has 0 unspecified atom stereocenters. The fourth-order valence-electron chi connectivity index (χ4n) is 2.02. The molecule has 0 radical (unpaired) electrons. The normalized spacial score (nSPS) is 19.8. The summed E-state index contributed by atoms with van der Waals surface area (Å²) < 4.78 is 5.57. The van der Waals surface area contributed by atoms with Gasteiger partial charge in [-0.3, -0.25) is 4.99 Å². The standard InChI is InChI=1S/C14H21N3O/c1-15-14(17-11-13-8-5-9-18-13)16-10-12-6-3-2-4-7-12/h2-4,6-7,13H,5,8-11H2,1H3,(H2,15,16,17)/t13-/m1/s1. The van der Waals surface area contributed by atoms with E-state index in [9.17, 15) is 0 Å². The average Bonchev–Trinajstić information content (AvgIpc) is 2.93. The number of aliphatic imine (C=N–C) groups is 1. The Labute approximate surface area is 108 Å². The number of hydrogen-bond acceptors (Lipinski definition) is 2. The van der Waals surface area contributed by atoms with Gasteiger partial charge in [-0.2, -0.15) is 0 Å². The minimum absolute atomic E-state index is 0.334. The highest BCUT2D eigenvalue weighted by molar-refractivity contribution is 5.79. The van der Waals surface area contributed by atoms with Crippen LogP contribution >= 0.6 is 0 Å². The molecule has 1 saturated heterocycles. The minimum atomic E-state index is 0.334. The van der Waals surface area contributed by atoms with Crippen LogP contribution in [0, 0.1) is 0 Å². The van der Waals surface area contributed by atoms with Crippen molar-refractivity contribution in [2.45, 2.75) is 25.5 Å². The average molecular weight is 247 g/mol. The monoisotopic (exact) mass is 247 g/mol. The molecule has 98 valence electrons. The van der Waals surface area contributed by atoms with Gasteiger partial charge in [-0.05, 0) is 18.4 Å². The second-order valence-electron chi connectivity index (χ2n) is 4.43. The topological polar surface area (TPSA) is 45.7 Å². The summed E-state index contributed by atoms with van der Waals surface area (Å²) in [6, 6.07) is 10.3. The summed E-state index contributed by atoms with van der Waals surface area (Å²) in [7, 11) is 1.79. The van der Waals surface area contributed by atoms with Crippen LogP contribution in [0.1, 0.15) is 18.4 Å². The van der Waals surface area contributed by atoms with E-state index in [-0.39, 0.29) is 0 Å². The lowest BCUT2D eigenvalue weighted by molar-refractivity contribution is 0.114. The van der Waals surface area contributed by atoms with Crippen molar-refractivity contribution < 1.29 is 4.74 Å². The molecular formula is C14H21N3O. The van der Waals surface area contributed by atoms with Crippen molar-refractivity contribution in [1.29, 1.82) is 0 Å². The molecule has 1 aliphatic heterocycles. The first kappa shape index (κ1) is 12.9. The molecule has 1 aliphatic rings. The number of hydrogen-bond donors (Lipinski definition) is 2. The van der Waals surface area contributed by atoms with Crippen molar-refractivity contribution in [2.24, 2.45) is 4.99 Å². The highest BCUT2D eigenvalue weighted by Gasteiger charge is 2.15. The van der Waals surface area contributed by atoms with E-state index in [0.29, 0.717) is 6.10 Å². The highest BCUT2D eigenvalue weighted by Crippen LogP contribution is 2.10. The molecule has 18 heavy (non-hydrogen) atoms. The van der Waals surface area contributed by atoms with Crippen LogP contribution in [-0.2, 0) is 11.3 Å².